The van der Waals surface area contributed by atoms with Gasteiger partial charge in [-0.1, -0.05) is 29.3 Å². The quantitative estimate of drug-likeness (QED) is 0.841. The number of hydroxylamine groups is 1. The highest BCUT2D eigenvalue weighted by atomic mass is 35.5. The van der Waals surface area contributed by atoms with Crippen LogP contribution in [0.25, 0.3) is 0 Å². The van der Waals surface area contributed by atoms with Gasteiger partial charge in [-0.3, -0.25) is 4.84 Å². The van der Waals surface area contributed by atoms with Crippen molar-refractivity contribution in [2.75, 3.05) is 6.61 Å². The third-order valence-corrected chi connectivity index (χ3v) is 2.49. The van der Waals surface area contributed by atoms with E-state index in [9.17, 15) is 13.2 Å². The molecular formula is C10H10Cl2F3NO. The minimum absolute atomic E-state index is 0.369. The van der Waals surface area contributed by atoms with E-state index in [0.29, 0.717) is 15.6 Å². The number of hydrogen-bond acceptors (Lipinski definition) is 2. The molecule has 0 spiro atoms. The fourth-order valence-corrected chi connectivity index (χ4v) is 1.74. The van der Waals surface area contributed by atoms with Crippen molar-refractivity contribution in [2.45, 2.75) is 19.1 Å². The van der Waals surface area contributed by atoms with Crippen LogP contribution in [-0.4, -0.2) is 12.8 Å². The van der Waals surface area contributed by atoms with Gasteiger partial charge in [-0.25, -0.2) is 0 Å². The van der Waals surface area contributed by atoms with Crippen LogP contribution < -0.4 is 5.48 Å². The molecular weight excluding hydrogens is 278 g/mol. The van der Waals surface area contributed by atoms with Crippen LogP contribution in [0.5, 0.6) is 0 Å². The van der Waals surface area contributed by atoms with Gasteiger partial charge in [0.2, 0.25) is 0 Å². The molecule has 1 rings (SSSR count). The van der Waals surface area contributed by atoms with Crippen LogP contribution in [0.2, 0.25) is 10.0 Å². The summed E-state index contributed by atoms with van der Waals surface area (Å²) >= 11 is 11.6. The summed E-state index contributed by atoms with van der Waals surface area (Å²) < 4.78 is 35.5. The molecule has 0 aliphatic rings. The Morgan fingerprint density at radius 3 is 2.53 bits per heavy atom. The van der Waals surface area contributed by atoms with Crippen molar-refractivity contribution in [1.82, 2.24) is 5.48 Å². The number of rotatable bonds is 4. The van der Waals surface area contributed by atoms with Crippen LogP contribution in [-0.2, 0) is 4.84 Å². The first-order chi connectivity index (χ1) is 7.79. The molecule has 0 heterocycles. The lowest BCUT2D eigenvalue weighted by molar-refractivity contribution is -0.192. The Hall–Kier alpha value is -0.490. The molecule has 2 nitrogen and oxygen atoms in total. The Labute approximate surface area is 107 Å². The van der Waals surface area contributed by atoms with Gasteiger partial charge in [-0.15, -0.1) is 0 Å². The molecule has 0 saturated carbocycles. The second-order valence-corrected chi connectivity index (χ2v) is 4.25. The van der Waals surface area contributed by atoms with E-state index in [2.05, 4.69) is 10.3 Å². The molecule has 0 bridgehead atoms. The molecule has 0 aliphatic carbocycles. The standard InChI is InChI=1S/C10H10Cl2F3NO/c1-6(16-17-5-10(13,14)15)8-3-2-7(11)4-9(8)12/h2-4,6,16H,5H2,1H3. The first-order valence-corrected chi connectivity index (χ1v) is 5.44. The van der Waals surface area contributed by atoms with Gasteiger partial charge >= 0.3 is 6.18 Å². The number of alkyl halides is 3. The van der Waals surface area contributed by atoms with Gasteiger partial charge in [-0.2, -0.15) is 18.7 Å². The predicted molar refractivity (Wildman–Crippen MR) is 60.0 cm³/mol. The maximum atomic E-state index is 11.8. The molecule has 0 fully saturated rings. The summed E-state index contributed by atoms with van der Waals surface area (Å²) in [5, 5.41) is 0.829. The van der Waals surface area contributed by atoms with Gasteiger partial charge in [0, 0.05) is 10.0 Å². The Morgan fingerprint density at radius 1 is 1.35 bits per heavy atom. The van der Waals surface area contributed by atoms with Crippen LogP contribution in [0, 0.1) is 0 Å². The van der Waals surface area contributed by atoms with E-state index < -0.39 is 18.8 Å². The highest BCUT2D eigenvalue weighted by molar-refractivity contribution is 6.35. The summed E-state index contributed by atoms with van der Waals surface area (Å²) in [5.74, 6) is 0. The number of halogens is 5. The molecule has 1 aromatic carbocycles. The van der Waals surface area contributed by atoms with Gasteiger partial charge in [0.15, 0.2) is 6.61 Å². The van der Waals surface area contributed by atoms with Gasteiger partial charge in [-0.05, 0) is 24.6 Å². The van der Waals surface area contributed by atoms with Crippen molar-refractivity contribution in [1.29, 1.82) is 0 Å². The Kier molecular flexibility index (Phi) is 5.06. The van der Waals surface area contributed by atoms with E-state index in [-0.39, 0.29) is 0 Å². The summed E-state index contributed by atoms with van der Waals surface area (Å²) in [5.41, 5.74) is 2.88. The highest BCUT2D eigenvalue weighted by Crippen LogP contribution is 2.26. The summed E-state index contributed by atoms with van der Waals surface area (Å²) in [6.45, 7) is 0.272. The smallest absolute Gasteiger partial charge is 0.292 e. The Bertz CT molecular complexity index is 384. The van der Waals surface area contributed by atoms with Crippen LogP contribution in [0.3, 0.4) is 0 Å². The number of benzene rings is 1. The average Bonchev–Trinajstić information content (AvgIpc) is 2.15. The third kappa shape index (κ3) is 5.12. The van der Waals surface area contributed by atoms with Crippen LogP contribution in [0.1, 0.15) is 18.5 Å². The van der Waals surface area contributed by atoms with E-state index in [0.717, 1.165) is 0 Å². The number of hydrogen-bond donors (Lipinski definition) is 1. The van der Waals surface area contributed by atoms with Gasteiger partial charge < -0.3 is 0 Å². The topological polar surface area (TPSA) is 21.3 Å². The predicted octanol–water partition coefficient (Wildman–Crippen LogP) is 4.14. The molecule has 0 amide bonds. The molecule has 1 atom stereocenters. The van der Waals surface area contributed by atoms with Gasteiger partial charge in [0.1, 0.15) is 0 Å². The van der Waals surface area contributed by atoms with Crippen molar-refractivity contribution in [3.05, 3.63) is 33.8 Å². The van der Waals surface area contributed by atoms with Crippen molar-refractivity contribution in [3.8, 4) is 0 Å². The van der Waals surface area contributed by atoms with Gasteiger partial charge in [0.05, 0.1) is 6.04 Å². The summed E-state index contributed by atoms with van der Waals surface area (Å²) in [4.78, 5) is 4.33. The Balaban J connectivity index is 2.55. The maximum Gasteiger partial charge on any atom is 0.413 e. The van der Waals surface area contributed by atoms with Crippen molar-refractivity contribution >= 4 is 23.2 Å². The van der Waals surface area contributed by atoms with E-state index in [1.54, 1.807) is 19.1 Å². The second kappa shape index (κ2) is 5.91. The lowest BCUT2D eigenvalue weighted by Crippen LogP contribution is -2.26. The molecule has 1 N–H and O–H groups in total. The zero-order chi connectivity index (χ0) is 13.1. The van der Waals surface area contributed by atoms with Crippen LogP contribution in [0.4, 0.5) is 13.2 Å². The first-order valence-electron chi connectivity index (χ1n) is 4.68. The first kappa shape index (κ1) is 14.6. The molecule has 0 saturated heterocycles. The summed E-state index contributed by atoms with van der Waals surface area (Å²) in [6, 6.07) is 4.27. The number of nitrogens with one attached hydrogen (secondary N) is 1. The molecule has 0 radical (unpaired) electrons. The normalized spacial score (nSPS) is 13.8. The molecule has 0 aliphatic heterocycles. The second-order valence-electron chi connectivity index (χ2n) is 3.41. The van der Waals surface area contributed by atoms with E-state index in [1.165, 1.54) is 6.07 Å². The minimum atomic E-state index is -4.36. The monoisotopic (exact) mass is 287 g/mol. The third-order valence-electron chi connectivity index (χ3n) is 1.92. The van der Waals surface area contributed by atoms with Crippen molar-refractivity contribution < 1.29 is 18.0 Å². The van der Waals surface area contributed by atoms with E-state index in [4.69, 9.17) is 23.2 Å². The highest BCUT2D eigenvalue weighted by Gasteiger charge is 2.28. The SMILES string of the molecule is CC(NOCC(F)(F)F)c1ccc(Cl)cc1Cl. The largest absolute Gasteiger partial charge is 0.413 e. The summed E-state index contributed by atoms with van der Waals surface area (Å²) in [7, 11) is 0. The molecule has 7 heteroatoms. The lowest BCUT2D eigenvalue weighted by Gasteiger charge is -2.16. The van der Waals surface area contributed by atoms with Crippen LogP contribution >= 0.6 is 23.2 Å². The van der Waals surface area contributed by atoms with Crippen LogP contribution in [0.15, 0.2) is 18.2 Å². The lowest BCUT2D eigenvalue weighted by atomic mass is 10.1. The van der Waals surface area contributed by atoms with E-state index in [1.807, 2.05) is 0 Å². The zero-order valence-corrected chi connectivity index (χ0v) is 10.3. The van der Waals surface area contributed by atoms with Crippen molar-refractivity contribution in [3.63, 3.8) is 0 Å². The molecule has 1 unspecified atom stereocenters. The van der Waals surface area contributed by atoms with Crippen molar-refractivity contribution in [2.24, 2.45) is 0 Å². The molecule has 0 aromatic heterocycles. The molecule has 17 heavy (non-hydrogen) atoms. The molecule has 1 aromatic rings. The van der Waals surface area contributed by atoms with E-state index >= 15 is 0 Å². The fraction of sp³-hybridized carbons (Fsp3) is 0.400. The zero-order valence-electron chi connectivity index (χ0n) is 8.81. The average molecular weight is 288 g/mol. The molecule has 96 valence electrons. The fourth-order valence-electron chi connectivity index (χ4n) is 1.16. The van der Waals surface area contributed by atoms with Gasteiger partial charge in [0.25, 0.3) is 0 Å². The Morgan fingerprint density at radius 2 is 2.00 bits per heavy atom. The maximum absolute atomic E-state index is 11.8. The summed E-state index contributed by atoms with van der Waals surface area (Å²) in [6.07, 6.45) is -4.36. The minimum Gasteiger partial charge on any atom is -0.292 e.